The molecule has 0 radical (unpaired) electrons. The number of nitrogens with zero attached hydrogens (tertiary/aromatic N) is 1. The van der Waals surface area contributed by atoms with E-state index in [1.54, 1.807) is 13.8 Å². The van der Waals surface area contributed by atoms with Crippen LogP contribution in [0, 0.1) is 0 Å². The molecular formula is C11H16N2O5S. The summed E-state index contributed by atoms with van der Waals surface area (Å²) in [5.41, 5.74) is 0.161. The summed E-state index contributed by atoms with van der Waals surface area (Å²) < 4.78 is 27.1. The molecule has 8 heteroatoms. The number of carbonyl (C=O) groups is 1. The summed E-state index contributed by atoms with van der Waals surface area (Å²) >= 11 is 0. The van der Waals surface area contributed by atoms with Gasteiger partial charge in [-0.1, -0.05) is 0 Å². The Morgan fingerprint density at radius 3 is 2.26 bits per heavy atom. The Balaban J connectivity index is 3.14. The number of aliphatic carboxylic acids is 1. The lowest BCUT2D eigenvalue weighted by Gasteiger charge is -2.24. The van der Waals surface area contributed by atoms with Crippen LogP contribution in [0.2, 0.25) is 0 Å². The van der Waals surface area contributed by atoms with Crippen LogP contribution in [0.25, 0.3) is 0 Å². The van der Waals surface area contributed by atoms with Gasteiger partial charge in [-0.2, -0.15) is 13.1 Å². The Morgan fingerprint density at radius 2 is 1.84 bits per heavy atom. The van der Waals surface area contributed by atoms with E-state index in [1.165, 1.54) is 24.3 Å². The second kappa shape index (κ2) is 5.89. The van der Waals surface area contributed by atoms with E-state index in [2.05, 4.69) is 4.72 Å². The van der Waals surface area contributed by atoms with Crippen molar-refractivity contribution in [3.8, 4) is 5.75 Å². The molecule has 0 bridgehead atoms. The lowest BCUT2D eigenvalue weighted by atomic mass is 10.3. The third kappa shape index (κ3) is 4.42. The molecule has 0 saturated heterocycles. The Morgan fingerprint density at radius 1 is 1.32 bits per heavy atom. The molecule has 1 aromatic carbocycles. The van der Waals surface area contributed by atoms with Crippen molar-refractivity contribution >= 4 is 21.9 Å². The second-order valence-corrected chi connectivity index (χ2v) is 5.82. The van der Waals surface area contributed by atoms with E-state index in [4.69, 9.17) is 10.2 Å². The fourth-order valence-electron chi connectivity index (χ4n) is 1.42. The number of hydrogen-bond donors (Lipinski definition) is 3. The van der Waals surface area contributed by atoms with Gasteiger partial charge in [0, 0.05) is 6.04 Å². The molecule has 1 aromatic rings. The lowest BCUT2D eigenvalue weighted by molar-refractivity contribution is -0.135. The zero-order chi connectivity index (χ0) is 14.6. The highest BCUT2D eigenvalue weighted by Crippen LogP contribution is 2.20. The summed E-state index contributed by atoms with van der Waals surface area (Å²) in [5.74, 6) is -1.31. The van der Waals surface area contributed by atoms with Crippen molar-refractivity contribution < 1.29 is 23.4 Å². The van der Waals surface area contributed by atoms with Gasteiger partial charge in [-0.15, -0.1) is 0 Å². The number of phenols is 1. The van der Waals surface area contributed by atoms with E-state index >= 15 is 0 Å². The number of nitrogens with one attached hydrogen (secondary N) is 1. The maximum Gasteiger partial charge on any atom is 0.324 e. The molecule has 19 heavy (non-hydrogen) atoms. The number of anilines is 1. The highest BCUT2D eigenvalue weighted by atomic mass is 32.2. The second-order valence-electron chi connectivity index (χ2n) is 4.19. The quantitative estimate of drug-likeness (QED) is 0.707. The van der Waals surface area contributed by atoms with Crippen molar-refractivity contribution in [1.82, 2.24) is 4.72 Å². The predicted molar refractivity (Wildman–Crippen MR) is 70.3 cm³/mol. The van der Waals surface area contributed by atoms with E-state index in [-0.39, 0.29) is 17.5 Å². The van der Waals surface area contributed by atoms with Gasteiger partial charge in [-0.3, -0.25) is 4.79 Å². The van der Waals surface area contributed by atoms with E-state index in [0.29, 0.717) is 0 Å². The van der Waals surface area contributed by atoms with Crippen LogP contribution in [0.5, 0.6) is 5.75 Å². The summed E-state index contributed by atoms with van der Waals surface area (Å²) in [4.78, 5) is 10.8. The molecule has 7 nitrogen and oxygen atoms in total. The molecular weight excluding hydrogens is 272 g/mol. The largest absolute Gasteiger partial charge is 0.508 e. The zero-order valence-electron chi connectivity index (χ0n) is 10.6. The van der Waals surface area contributed by atoms with Crippen LogP contribution in [-0.4, -0.2) is 37.2 Å². The molecule has 0 aliphatic heterocycles. The molecule has 0 heterocycles. The minimum absolute atomic E-state index is 0.0340. The lowest BCUT2D eigenvalue weighted by Crippen LogP contribution is -2.46. The molecule has 0 aliphatic rings. The number of hydrogen-bond acceptors (Lipinski definition) is 4. The van der Waals surface area contributed by atoms with Gasteiger partial charge in [0.1, 0.15) is 12.3 Å². The Hall–Kier alpha value is -1.80. The topological polar surface area (TPSA) is 107 Å². The van der Waals surface area contributed by atoms with Crippen LogP contribution < -0.4 is 9.03 Å². The molecule has 0 unspecified atom stereocenters. The smallest absolute Gasteiger partial charge is 0.324 e. The van der Waals surface area contributed by atoms with Gasteiger partial charge in [0.25, 0.3) is 0 Å². The standard InChI is InChI=1S/C11H16N2O5S/c1-8(2)12-19(17,18)13(7-11(15)16)9-3-5-10(14)6-4-9/h3-6,8,12,14H,7H2,1-2H3,(H,15,16). The first-order chi connectivity index (χ1) is 8.72. The van der Waals surface area contributed by atoms with Crippen molar-refractivity contribution in [2.45, 2.75) is 19.9 Å². The van der Waals surface area contributed by atoms with Gasteiger partial charge >= 0.3 is 16.2 Å². The average Bonchev–Trinajstić information content (AvgIpc) is 2.25. The summed E-state index contributed by atoms with van der Waals surface area (Å²) in [6.45, 7) is 2.56. The number of carboxylic acid groups (broad SMARTS) is 1. The number of carboxylic acids is 1. The van der Waals surface area contributed by atoms with Crippen LogP contribution in [-0.2, 0) is 15.0 Å². The monoisotopic (exact) mass is 288 g/mol. The molecule has 0 aromatic heterocycles. The van der Waals surface area contributed by atoms with Crippen molar-refractivity contribution in [3.63, 3.8) is 0 Å². The Kier molecular flexibility index (Phi) is 4.73. The number of rotatable bonds is 6. The molecule has 3 N–H and O–H groups in total. The van der Waals surface area contributed by atoms with E-state index in [1.807, 2.05) is 0 Å². The van der Waals surface area contributed by atoms with Gasteiger partial charge in [0.2, 0.25) is 0 Å². The SMILES string of the molecule is CC(C)NS(=O)(=O)N(CC(=O)O)c1ccc(O)cc1. The summed E-state index contributed by atoms with van der Waals surface area (Å²) in [6.07, 6.45) is 0. The third-order valence-electron chi connectivity index (χ3n) is 2.09. The maximum atomic E-state index is 12.1. The fraction of sp³-hybridized carbons (Fsp3) is 0.364. The predicted octanol–water partition coefficient (Wildman–Crippen LogP) is 0.526. The Bertz CT molecular complexity index is 539. The minimum atomic E-state index is -3.96. The van der Waals surface area contributed by atoms with E-state index < -0.39 is 22.7 Å². The molecule has 106 valence electrons. The van der Waals surface area contributed by atoms with Gasteiger partial charge in [-0.25, -0.2) is 4.31 Å². The molecule has 0 aliphatic carbocycles. The van der Waals surface area contributed by atoms with Crippen molar-refractivity contribution in [3.05, 3.63) is 24.3 Å². The summed E-state index contributed by atoms with van der Waals surface area (Å²) in [6, 6.07) is 4.87. The number of benzene rings is 1. The third-order valence-corrected chi connectivity index (χ3v) is 3.78. The number of phenolic OH excluding ortho intramolecular Hbond substituents is 1. The first kappa shape index (κ1) is 15.3. The van der Waals surface area contributed by atoms with Crippen molar-refractivity contribution in [1.29, 1.82) is 0 Å². The fourth-order valence-corrected chi connectivity index (χ4v) is 2.82. The van der Waals surface area contributed by atoms with Gasteiger partial charge < -0.3 is 10.2 Å². The molecule has 0 spiro atoms. The maximum absolute atomic E-state index is 12.1. The molecule has 0 amide bonds. The molecule has 0 atom stereocenters. The van der Waals surface area contributed by atoms with Crippen molar-refractivity contribution in [2.24, 2.45) is 0 Å². The van der Waals surface area contributed by atoms with Crippen LogP contribution in [0.3, 0.4) is 0 Å². The van der Waals surface area contributed by atoms with Crippen LogP contribution in [0.4, 0.5) is 5.69 Å². The minimum Gasteiger partial charge on any atom is -0.508 e. The van der Waals surface area contributed by atoms with Gasteiger partial charge in [0.15, 0.2) is 0 Å². The summed E-state index contributed by atoms with van der Waals surface area (Å²) in [5, 5.41) is 18.0. The van der Waals surface area contributed by atoms with Gasteiger partial charge in [-0.05, 0) is 38.1 Å². The van der Waals surface area contributed by atoms with Crippen molar-refractivity contribution in [2.75, 3.05) is 10.8 Å². The average molecular weight is 288 g/mol. The van der Waals surface area contributed by atoms with Crippen LogP contribution in [0.1, 0.15) is 13.8 Å². The van der Waals surface area contributed by atoms with Crippen LogP contribution >= 0.6 is 0 Å². The van der Waals surface area contributed by atoms with Crippen LogP contribution in [0.15, 0.2) is 24.3 Å². The first-order valence-electron chi connectivity index (χ1n) is 5.53. The van der Waals surface area contributed by atoms with E-state index in [9.17, 15) is 13.2 Å². The first-order valence-corrected chi connectivity index (χ1v) is 6.97. The zero-order valence-corrected chi connectivity index (χ0v) is 11.4. The van der Waals surface area contributed by atoms with E-state index in [0.717, 1.165) is 4.31 Å². The Labute approximate surface area is 111 Å². The number of aromatic hydroxyl groups is 1. The normalized spacial score (nSPS) is 11.5. The molecule has 0 fully saturated rings. The highest BCUT2D eigenvalue weighted by molar-refractivity contribution is 7.90. The molecule has 1 rings (SSSR count). The summed E-state index contributed by atoms with van der Waals surface area (Å²) in [7, 11) is -3.96. The van der Waals surface area contributed by atoms with Gasteiger partial charge in [0.05, 0.1) is 5.69 Å². The molecule has 0 saturated carbocycles. The highest BCUT2D eigenvalue weighted by Gasteiger charge is 2.25.